The third-order valence-electron chi connectivity index (χ3n) is 1.26. The van der Waals surface area contributed by atoms with E-state index in [2.05, 4.69) is 0 Å². The van der Waals surface area contributed by atoms with Crippen LogP contribution in [0.25, 0.3) is 0 Å². The van der Waals surface area contributed by atoms with Crippen LogP contribution in [0.2, 0.25) is 0 Å². The van der Waals surface area contributed by atoms with Crippen LogP contribution in [0, 0.1) is 0 Å². The summed E-state index contributed by atoms with van der Waals surface area (Å²) in [6.07, 6.45) is 0. The zero-order valence-electron chi connectivity index (χ0n) is 6.61. The van der Waals surface area contributed by atoms with Gasteiger partial charge < -0.3 is 16.2 Å². The fourth-order valence-corrected chi connectivity index (χ4v) is 0.728. The van der Waals surface area contributed by atoms with Gasteiger partial charge in [-0.15, -0.1) is 24.8 Å². The molecule has 0 bridgehead atoms. The van der Waals surface area contributed by atoms with Crippen molar-refractivity contribution in [3.05, 3.63) is 18.2 Å². The molecule has 0 heterocycles. The van der Waals surface area contributed by atoms with E-state index in [1.165, 1.54) is 0 Å². The minimum Gasteiger partial charge on any atom is -0.495 e. The van der Waals surface area contributed by atoms with Crippen LogP contribution in [0.1, 0.15) is 0 Å². The van der Waals surface area contributed by atoms with Gasteiger partial charge in [0.15, 0.2) is 0 Å². The van der Waals surface area contributed by atoms with Gasteiger partial charge in [0.1, 0.15) is 5.75 Å². The Morgan fingerprint density at radius 2 is 1.75 bits per heavy atom. The van der Waals surface area contributed by atoms with Crippen LogP contribution < -0.4 is 16.2 Å². The normalized spacial score (nSPS) is 7.75. The van der Waals surface area contributed by atoms with Crippen molar-refractivity contribution in [1.29, 1.82) is 0 Å². The lowest BCUT2D eigenvalue weighted by molar-refractivity contribution is 0.417. The molecular weight excluding hydrogens is 199 g/mol. The van der Waals surface area contributed by atoms with Crippen molar-refractivity contribution in [3.8, 4) is 5.75 Å². The Morgan fingerprint density at radius 1 is 1.17 bits per heavy atom. The number of nitrogens with two attached hydrogens (primary N) is 2. The Labute approximate surface area is 83.9 Å². The number of nitrogen functional groups attached to an aromatic ring is 2. The summed E-state index contributed by atoms with van der Waals surface area (Å²) in [4.78, 5) is 0. The predicted octanol–water partition coefficient (Wildman–Crippen LogP) is 1.70. The number of benzene rings is 1. The molecule has 4 N–H and O–H groups in total. The Morgan fingerprint density at radius 3 is 2.17 bits per heavy atom. The molecule has 1 aromatic carbocycles. The highest BCUT2D eigenvalue weighted by atomic mass is 35.5. The SMILES string of the molecule is COc1cc(N)ccc1N.Cl.Cl. The van der Waals surface area contributed by atoms with Crippen LogP contribution in [0.15, 0.2) is 18.2 Å². The molecule has 70 valence electrons. The largest absolute Gasteiger partial charge is 0.495 e. The highest BCUT2D eigenvalue weighted by Gasteiger charge is 1.96. The molecule has 1 aromatic rings. The van der Waals surface area contributed by atoms with Crippen LogP contribution in [0.4, 0.5) is 11.4 Å². The van der Waals surface area contributed by atoms with Crippen LogP contribution in [0.3, 0.4) is 0 Å². The van der Waals surface area contributed by atoms with Gasteiger partial charge in [0.2, 0.25) is 0 Å². The second-order valence-electron chi connectivity index (χ2n) is 2.00. The van der Waals surface area contributed by atoms with E-state index in [-0.39, 0.29) is 24.8 Å². The van der Waals surface area contributed by atoms with E-state index in [1.54, 1.807) is 25.3 Å². The number of hydrogen-bond donors (Lipinski definition) is 2. The quantitative estimate of drug-likeness (QED) is 0.695. The summed E-state index contributed by atoms with van der Waals surface area (Å²) in [7, 11) is 1.56. The molecule has 5 heteroatoms. The summed E-state index contributed by atoms with van der Waals surface area (Å²) in [6, 6.07) is 5.14. The molecule has 0 aliphatic carbocycles. The topological polar surface area (TPSA) is 61.3 Å². The predicted molar refractivity (Wildman–Crippen MR) is 56.3 cm³/mol. The molecule has 0 aliphatic rings. The maximum absolute atomic E-state index is 5.52. The number of ether oxygens (including phenoxy) is 1. The van der Waals surface area contributed by atoms with Crippen LogP contribution in [-0.2, 0) is 0 Å². The molecule has 0 atom stereocenters. The second-order valence-corrected chi connectivity index (χ2v) is 2.00. The maximum Gasteiger partial charge on any atom is 0.143 e. The fourth-order valence-electron chi connectivity index (χ4n) is 0.728. The van der Waals surface area contributed by atoms with Gasteiger partial charge in [-0.1, -0.05) is 0 Å². The first kappa shape index (κ1) is 13.8. The average molecular weight is 211 g/mol. The van der Waals surface area contributed by atoms with Gasteiger partial charge in [-0.05, 0) is 12.1 Å². The Hall–Kier alpha value is -0.800. The third-order valence-corrected chi connectivity index (χ3v) is 1.26. The summed E-state index contributed by atoms with van der Waals surface area (Å²) in [5.74, 6) is 0.625. The number of methoxy groups -OCH3 is 1. The third kappa shape index (κ3) is 3.07. The molecule has 0 fully saturated rings. The molecule has 0 amide bonds. The highest BCUT2D eigenvalue weighted by Crippen LogP contribution is 2.22. The van der Waals surface area contributed by atoms with E-state index in [0.717, 1.165) is 0 Å². The molecule has 0 radical (unpaired) electrons. The van der Waals surface area contributed by atoms with E-state index in [4.69, 9.17) is 16.2 Å². The van der Waals surface area contributed by atoms with Gasteiger partial charge in [0.05, 0.1) is 12.8 Å². The molecule has 0 aromatic heterocycles. The number of anilines is 2. The molecular formula is C7H12Cl2N2O. The van der Waals surface area contributed by atoms with Gasteiger partial charge in [-0.2, -0.15) is 0 Å². The molecule has 0 spiro atoms. The van der Waals surface area contributed by atoms with Crippen molar-refractivity contribution < 1.29 is 4.74 Å². The van der Waals surface area contributed by atoms with Gasteiger partial charge in [0.25, 0.3) is 0 Å². The Bertz CT molecular complexity index is 243. The van der Waals surface area contributed by atoms with Gasteiger partial charge >= 0.3 is 0 Å². The second kappa shape index (κ2) is 5.80. The van der Waals surface area contributed by atoms with Gasteiger partial charge in [-0.3, -0.25) is 0 Å². The first-order valence-electron chi connectivity index (χ1n) is 2.93. The van der Waals surface area contributed by atoms with Crippen molar-refractivity contribution >= 4 is 36.2 Å². The van der Waals surface area contributed by atoms with Crippen LogP contribution in [0.5, 0.6) is 5.75 Å². The summed E-state index contributed by atoms with van der Waals surface area (Å²) in [6.45, 7) is 0. The van der Waals surface area contributed by atoms with E-state index in [0.29, 0.717) is 17.1 Å². The molecule has 12 heavy (non-hydrogen) atoms. The van der Waals surface area contributed by atoms with Crippen molar-refractivity contribution in [2.24, 2.45) is 0 Å². The molecule has 1 rings (SSSR count). The van der Waals surface area contributed by atoms with Crippen molar-refractivity contribution in [1.82, 2.24) is 0 Å². The average Bonchev–Trinajstić information content (AvgIpc) is 1.94. The standard InChI is InChI=1S/C7H10N2O.2ClH/c1-10-7-4-5(8)2-3-6(7)9;;/h2-4H,8-9H2,1H3;2*1H. The minimum absolute atomic E-state index is 0. The maximum atomic E-state index is 5.52. The fraction of sp³-hybridized carbons (Fsp3) is 0.143. The number of hydrogen-bond acceptors (Lipinski definition) is 3. The van der Waals surface area contributed by atoms with E-state index >= 15 is 0 Å². The van der Waals surface area contributed by atoms with Gasteiger partial charge in [-0.25, -0.2) is 0 Å². The van der Waals surface area contributed by atoms with Crippen molar-refractivity contribution in [2.75, 3.05) is 18.6 Å². The monoisotopic (exact) mass is 210 g/mol. The molecule has 0 aliphatic heterocycles. The molecule has 3 nitrogen and oxygen atoms in total. The molecule has 0 saturated carbocycles. The first-order valence-corrected chi connectivity index (χ1v) is 2.93. The van der Waals surface area contributed by atoms with Gasteiger partial charge in [0, 0.05) is 11.8 Å². The summed E-state index contributed by atoms with van der Waals surface area (Å²) in [5, 5.41) is 0. The van der Waals surface area contributed by atoms with E-state index in [1.807, 2.05) is 0 Å². The first-order chi connectivity index (χ1) is 4.74. The van der Waals surface area contributed by atoms with Crippen LogP contribution in [-0.4, -0.2) is 7.11 Å². The zero-order valence-corrected chi connectivity index (χ0v) is 8.24. The Kier molecular flexibility index (Phi) is 6.65. The van der Waals surface area contributed by atoms with E-state index < -0.39 is 0 Å². The Balaban J connectivity index is 0. The lowest BCUT2D eigenvalue weighted by atomic mass is 10.3. The van der Waals surface area contributed by atoms with E-state index in [9.17, 15) is 0 Å². The van der Waals surface area contributed by atoms with Crippen LogP contribution >= 0.6 is 24.8 Å². The molecule has 0 unspecified atom stereocenters. The lowest BCUT2D eigenvalue weighted by Crippen LogP contribution is -1.93. The summed E-state index contributed by atoms with van der Waals surface area (Å²) in [5.41, 5.74) is 12.3. The number of halogens is 2. The van der Waals surface area contributed by atoms with Crippen molar-refractivity contribution in [2.45, 2.75) is 0 Å². The lowest BCUT2D eigenvalue weighted by Gasteiger charge is -2.03. The summed E-state index contributed by atoms with van der Waals surface area (Å²) < 4.78 is 4.92. The number of rotatable bonds is 1. The smallest absolute Gasteiger partial charge is 0.143 e. The zero-order chi connectivity index (χ0) is 7.56. The minimum atomic E-state index is 0. The van der Waals surface area contributed by atoms with Crippen molar-refractivity contribution in [3.63, 3.8) is 0 Å². The summed E-state index contributed by atoms with van der Waals surface area (Å²) >= 11 is 0. The highest BCUT2D eigenvalue weighted by molar-refractivity contribution is 5.85. The molecule has 0 saturated heterocycles.